The van der Waals surface area contributed by atoms with Gasteiger partial charge in [-0.05, 0) is 11.1 Å². The van der Waals surface area contributed by atoms with E-state index in [-0.39, 0.29) is 11.8 Å². The maximum Gasteiger partial charge on any atom is 0.318 e. The van der Waals surface area contributed by atoms with E-state index in [4.69, 9.17) is 5.73 Å². The van der Waals surface area contributed by atoms with Crippen LogP contribution in [-0.2, 0) is 11.3 Å². The molecule has 0 aromatic heterocycles. The maximum atomic E-state index is 11.7. The summed E-state index contributed by atoms with van der Waals surface area (Å²) in [6.45, 7) is 1.27. The highest BCUT2D eigenvalue weighted by Gasteiger charge is 2.26. The molecule has 5 nitrogen and oxygen atoms in total. The standard InChI is InChI=1S/C11H13N3O2/c12-11(16)14-10(15)9-6-13-5-7-3-1-2-4-8(7)9/h1-4,9,13H,5-6H2,(H3,12,14,15,16). The van der Waals surface area contributed by atoms with Crippen LogP contribution in [0.1, 0.15) is 17.0 Å². The molecule has 1 atom stereocenters. The third-order valence-corrected chi connectivity index (χ3v) is 2.66. The van der Waals surface area contributed by atoms with Crippen molar-refractivity contribution in [3.05, 3.63) is 35.4 Å². The Kier molecular flexibility index (Phi) is 2.87. The second-order valence-corrected chi connectivity index (χ2v) is 3.74. The Hall–Kier alpha value is -1.88. The number of nitrogens with two attached hydrogens (primary N) is 1. The first-order chi connectivity index (χ1) is 7.68. The van der Waals surface area contributed by atoms with Crippen molar-refractivity contribution in [2.45, 2.75) is 12.5 Å². The van der Waals surface area contributed by atoms with Crippen LogP contribution in [0.5, 0.6) is 0 Å². The van der Waals surface area contributed by atoms with Crippen molar-refractivity contribution in [3.8, 4) is 0 Å². The summed E-state index contributed by atoms with van der Waals surface area (Å²) in [4.78, 5) is 22.4. The van der Waals surface area contributed by atoms with E-state index in [1.54, 1.807) is 0 Å². The molecule has 1 aromatic rings. The molecule has 0 spiro atoms. The van der Waals surface area contributed by atoms with Crippen LogP contribution in [0.2, 0.25) is 0 Å². The quantitative estimate of drug-likeness (QED) is 0.624. The number of rotatable bonds is 1. The summed E-state index contributed by atoms with van der Waals surface area (Å²) in [5, 5.41) is 5.25. The smallest absolute Gasteiger partial charge is 0.318 e. The largest absolute Gasteiger partial charge is 0.351 e. The number of urea groups is 1. The minimum Gasteiger partial charge on any atom is -0.351 e. The van der Waals surface area contributed by atoms with Gasteiger partial charge in [-0.3, -0.25) is 10.1 Å². The number of primary amides is 1. The van der Waals surface area contributed by atoms with Crippen molar-refractivity contribution in [1.82, 2.24) is 10.6 Å². The van der Waals surface area contributed by atoms with Crippen molar-refractivity contribution in [2.75, 3.05) is 6.54 Å². The lowest BCUT2D eigenvalue weighted by Gasteiger charge is -2.24. The Labute approximate surface area is 93.0 Å². The highest BCUT2D eigenvalue weighted by molar-refractivity contribution is 5.97. The average Bonchev–Trinajstić information content (AvgIpc) is 2.27. The van der Waals surface area contributed by atoms with Crippen LogP contribution in [0, 0.1) is 0 Å². The number of carbonyl (C=O) groups excluding carboxylic acids is 2. The predicted molar refractivity (Wildman–Crippen MR) is 58.6 cm³/mol. The number of fused-ring (bicyclic) bond motifs is 1. The lowest BCUT2D eigenvalue weighted by atomic mass is 9.90. The summed E-state index contributed by atoms with van der Waals surface area (Å²) in [6, 6.07) is 6.87. The van der Waals surface area contributed by atoms with Gasteiger partial charge in [0.05, 0.1) is 5.92 Å². The SMILES string of the molecule is NC(=O)NC(=O)C1CNCc2ccccc21. The third kappa shape index (κ3) is 2.04. The first-order valence-electron chi connectivity index (χ1n) is 5.07. The van der Waals surface area contributed by atoms with E-state index in [1.165, 1.54) is 0 Å². The number of imide groups is 1. The molecule has 0 saturated heterocycles. The summed E-state index contributed by atoms with van der Waals surface area (Å²) < 4.78 is 0. The molecule has 0 fully saturated rings. The average molecular weight is 219 g/mol. The molecule has 2 rings (SSSR count). The van der Waals surface area contributed by atoms with Crippen LogP contribution in [-0.4, -0.2) is 18.5 Å². The Morgan fingerprint density at radius 2 is 2.12 bits per heavy atom. The lowest BCUT2D eigenvalue weighted by Crippen LogP contribution is -2.43. The number of benzene rings is 1. The highest BCUT2D eigenvalue weighted by Crippen LogP contribution is 2.23. The zero-order chi connectivity index (χ0) is 11.5. The molecule has 5 heteroatoms. The maximum absolute atomic E-state index is 11.7. The van der Waals surface area contributed by atoms with Gasteiger partial charge in [-0.15, -0.1) is 0 Å². The third-order valence-electron chi connectivity index (χ3n) is 2.66. The van der Waals surface area contributed by atoms with Gasteiger partial charge in [-0.1, -0.05) is 24.3 Å². The molecule has 0 radical (unpaired) electrons. The fourth-order valence-electron chi connectivity index (χ4n) is 1.94. The van der Waals surface area contributed by atoms with Crippen LogP contribution in [0.15, 0.2) is 24.3 Å². The second-order valence-electron chi connectivity index (χ2n) is 3.74. The zero-order valence-corrected chi connectivity index (χ0v) is 8.69. The van der Waals surface area contributed by atoms with E-state index < -0.39 is 6.03 Å². The van der Waals surface area contributed by atoms with E-state index in [0.29, 0.717) is 6.54 Å². The summed E-state index contributed by atoms with van der Waals surface area (Å²) in [5.41, 5.74) is 6.97. The predicted octanol–water partition coefficient (Wildman–Crippen LogP) is 0.0683. The van der Waals surface area contributed by atoms with E-state index in [0.717, 1.165) is 17.7 Å². The van der Waals surface area contributed by atoms with E-state index in [1.807, 2.05) is 24.3 Å². The molecular weight excluding hydrogens is 206 g/mol. The van der Waals surface area contributed by atoms with Crippen molar-refractivity contribution in [2.24, 2.45) is 5.73 Å². The molecule has 0 bridgehead atoms. The summed E-state index contributed by atoms with van der Waals surface area (Å²) in [5.74, 6) is -0.704. The van der Waals surface area contributed by atoms with Gasteiger partial charge in [0.25, 0.3) is 0 Å². The fraction of sp³-hybridized carbons (Fsp3) is 0.273. The van der Waals surface area contributed by atoms with Crippen LogP contribution in [0.3, 0.4) is 0 Å². The molecule has 84 valence electrons. The van der Waals surface area contributed by atoms with Gasteiger partial charge in [0.1, 0.15) is 0 Å². The number of hydrogen-bond donors (Lipinski definition) is 3. The van der Waals surface area contributed by atoms with Gasteiger partial charge in [0, 0.05) is 13.1 Å². The first-order valence-corrected chi connectivity index (χ1v) is 5.07. The molecule has 1 heterocycles. The molecule has 3 amide bonds. The van der Waals surface area contributed by atoms with Gasteiger partial charge >= 0.3 is 6.03 Å². The number of carbonyl (C=O) groups is 2. The van der Waals surface area contributed by atoms with Gasteiger partial charge in [-0.2, -0.15) is 0 Å². The number of hydrogen-bond acceptors (Lipinski definition) is 3. The van der Waals surface area contributed by atoms with Crippen LogP contribution >= 0.6 is 0 Å². The van der Waals surface area contributed by atoms with Crippen LogP contribution in [0.4, 0.5) is 4.79 Å². The minimum absolute atomic E-state index is 0.350. The van der Waals surface area contributed by atoms with Crippen molar-refractivity contribution in [3.63, 3.8) is 0 Å². The molecule has 0 saturated carbocycles. The van der Waals surface area contributed by atoms with Crippen molar-refractivity contribution in [1.29, 1.82) is 0 Å². The molecule has 1 aliphatic heterocycles. The van der Waals surface area contributed by atoms with Gasteiger partial charge in [0.15, 0.2) is 0 Å². The van der Waals surface area contributed by atoms with Crippen molar-refractivity contribution >= 4 is 11.9 Å². The fourth-order valence-corrected chi connectivity index (χ4v) is 1.94. The van der Waals surface area contributed by atoms with E-state index in [9.17, 15) is 9.59 Å². The Morgan fingerprint density at radius 3 is 2.88 bits per heavy atom. The molecule has 4 N–H and O–H groups in total. The Balaban J connectivity index is 2.24. The minimum atomic E-state index is -0.812. The first kappa shape index (κ1) is 10.6. The van der Waals surface area contributed by atoms with Crippen molar-refractivity contribution < 1.29 is 9.59 Å². The summed E-state index contributed by atoms with van der Waals surface area (Å²) in [6.07, 6.45) is 0. The monoisotopic (exact) mass is 219 g/mol. The summed E-state index contributed by atoms with van der Waals surface area (Å²) in [7, 11) is 0. The van der Waals surface area contributed by atoms with Crippen LogP contribution < -0.4 is 16.4 Å². The Morgan fingerprint density at radius 1 is 1.38 bits per heavy atom. The zero-order valence-electron chi connectivity index (χ0n) is 8.69. The topological polar surface area (TPSA) is 84.2 Å². The van der Waals surface area contributed by atoms with Crippen LogP contribution in [0.25, 0.3) is 0 Å². The van der Waals surface area contributed by atoms with E-state index in [2.05, 4.69) is 10.6 Å². The molecule has 1 aliphatic rings. The molecular formula is C11H13N3O2. The van der Waals surface area contributed by atoms with Gasteiger partial charge in [-0.25, -0.2) is 4.79 Å². The molecule has 1 aromatic carbocycles. The van der Waals surface area contributed by atoms with Gasteiger partial charge in [0.2, 0.25) is 5.91 Å². The number of amides is 3. The van der Waals surface area contributed by atoms with E-state index >= 15 is 0 Å². The summed E-state index contributed by atoms with van der Waals surface area (Å²) >= 11 is 0. The normalized spacial score (nSPS) is 18.6. The highest BCUT2D eigenvalue weighted by atomic mass is 16.2. The molecule has 1 unspecified atom stereocenters. The second kappa shape index (κ2) is 4.32. The number of nitrogens with one attached hydrogen (secondary N) is 2. The lowest BCUT2D eigenvalue weighted by molar-refractivity contribution is -0.121. The van der Waals surface area contributed by atoms with Gasteiger partial charge < -0.3 is 11.1 Å². The molecule has 16 heavy (non-hydrogen) atoms. The molecule has 0 aliphatic carbocycles. The Bertz CT molecular complexity index is 431.